The van der Waals surface area contributed by atoms with Crippen molar-refractivity contribution < 1.29 is 26.5 Å². The highest BCUT2D eigenvalue weighted by atomic mass is 79.9. The number of alkyl halides is 1. The zero-order chi connectivity index (χ0) is 16.9. The van der Waals surface area contributed by atoms with Gasteiger partial charge in [-0.3, -0.25) is 0 Å². The second kappa shape index (κ2) is 9.53. The molecule has 1 heterocycles. The first-order valence-electron chi connectivity index (χ1n) is 7.41. The molecule has 1 aromatic heterocycles. The summed E-state index contributed by atoms with van der Waals surface area (Å²) in [6, 6.07) is 9.85. The molecule has 0 aliphatic rings. The summed E-state index contributed by atoms with van der Waals surface area (Å²) in [4.78, 5) is 16.7. The standard InChI is InChI=1S/C17H21BrN2O2S.BrH/c1-17(2,3)22-16(21)20-14(9-12-7-5-4-6-8-12)15-19-13(10-18)11-23-15;/h4-8,11,14H,9-10H2,1-3H3,(H,20,21);1H/p-1/t14-;/m0./s1. The Morgan fingerprint density at radius 3 is 2.54 bits per heavy atom. The van der Waals surface area contributed by atoms with Crippen molar-refractivity contribution in [1.29, 1.82) is 0 Å². The van der Waals surface area contributed by atoms with E-state index in [1.165, 1.54) is 0 Å². The van der Waals surface area contributed by atoms with E-state index < -0.39 is 11.7 Å². The molecule has 0 aliphatic heterocycles. The Morgan fingerprint density at radius 1 is 1.33 bits per heavy atom. The van der Waals surface area contributed by atoms with Crippen molar-refractivity contribution in [3.8, 4) is 0 Å². The van der Waals surface area contributed by atoms with E-state index in [1.807, 2.05) is 56.5 Å². The number of hydrogen-bond acceptors (Lipinski definition) is 4. The molecule has 2 rings (SSSR count). The molecule has 1 atom stereocenters. The lowest BCUT2D eigenvalue weighted by Crippen LogP contribution is -3.00. The van der Waals surface area contributed by atoms with Gasteiger partial charge in [-0.15, -0.1) is 11.3 Å². The third-order valence-corrected chi connectivity index (χ3v) is 4.56. The van der Waals surface area contributed by atoms with E-state index >= 15 is 0 Å². The second-order valence-corrected chi connectivity index (χ2v) is 7.65. The van der Waals surface area contributed by atoms with Crippen molar-refractivity contribution in [3.63, 3.8) is 0 Å². The van der Waals surface area contributed by atoms with Crippen LogP contribution < -0.4 is 22.3 Å². The number of nitrogens with one attached hydrogen (secondary N) is 1. The Bertz CT molecular complexity index is 642. The van der Waals surface area contributed by atoms with E-state index in [9.17, 15) is 4.79 Å². The summed E-state index contributed by atoms with van der Waals surface area (Å²) in [6.45, 7) is 5.56. The van der Waals surface area contributed by atoms with Crippen LogP contribution in [0.4, 0.5) is 4.79 Å². The molecule has 1 amide bonds. The first kappa shape index (κ1) is 21.1. The molecule has 0 bridgehead atoms. The SMILES string of the molecule is CC(C)(C)OC(=O)N[C@@H](Cc1ccccc1)c1nc(CBr)cs1.[Br-]. The largest absolute Gasteiger partial charge is 1.00 e. The minimum absolute atomic E-state index is 0. The van der Waals surface area contributed by atoms with Gasteiger partial charge in [-0.2, -0.15) is 0 Å². The Hall–Kier alpha value is -0.920. The van der Waals surface area contributed by atoms with Crippen LogP contribution in [0.25, 0.3) is 0 Å². The fourth-order valence-corrected chi connectivity index (χ4v) is 3.41. The first-order valence-corrected chi connectivity index (χ1v) is 9.41. The van der Waals surface area contributed by atoms with E-state index in [0.29, 0.717) is 11.8 Å². The lowest BCUT2D eigenvalue weighted by molar-refractivity contribution is -0.0000282. The molecule has 0 aliphatic carbocycles. The molecule has 0 spiro atoms. The van der Waals surface area contributed by atoms with Gasteiger partial charge in [0.25, 0.3) is 0 Å². The van der Waals surface area contributed by atoms with Gasteiger partial charge in [0.05, 0.1) is 11.7 Å². The molecule has 0 saturated heterocycles. The van der Waals surface area contributed by atoms with Crippen LogP contribution in [0.1, 0.15) is 43.1 Å². The molecule has 132 valence electrons. The third kappa shape index (κ3) is 6.91. The van der Waals surface area contributed by atoms with Crippen molar-refractivity contribution in [2.75, 3.05) is 0 Å². The van der Waals surface area contributed by atoms with Gasteiger partial charge in [-0.1, -0.05) is 46.3 Å². The van der Waals surface area contributed by atoms with E-state index in [0.717, 1.165) is 16.3 Å². The number of ether oxygens (including phenoxy) is 1. The molecule has 0 saturated carbocycles. The Kier molecular flexibility index (Phi) is 8.39. The van der Waals surface area contributed by atoms with E-state index in [2.05, 4.69) is 26.2 Å². The van der Waals surface area contributed by atoms with Gasteiger partial charge in [-0.05, 0) is 32.8 Å². The van der Waals surface area contributed by atoms with E-state index in [4.69, 9.17) is 4.74 Å². The number of rotatable bonds is 5. The molecule has 2 aromatic rings. The quantitative estimate of drug-likeness (QED) is 0.670. The average molecular weight is 477 g/mol. The number of carbonyl (C=O) groups excluding carboxylic acids is 1. The van der Waals surface area contributed by atoms with Gasteiger partial charge in [-0.25, -0.2) is 9.78 Å². The average Bonchev–Trinajstić information content (AvgIpc) is 2.94. The number of carbonyl (C=O) groups is 1. The summed E-state index contributed by atoms with van der Waals surface area (Å²) in [5.41, 5.74) is 1.59. The van der Waals surface area contributed by atoms with Crippen molar-refractivity contribution in [2.45, 2.75) is 44.2 Å². The summed E-state index contributed by atoms with van der Waals surface area (Å²) in [5.74, 6) is 0. The first-order chi connectivity index (χ1) is 10.9. The minimum atomic E-state index is -0.523. The molecular weight excluding hydrogens is 456 g/mol. The number of amides is 1. The van der Waals surface area contributed by atoms with Crippen molar-refractivity contribution in [3.05, 3.63) is 52.0 Å². The van der Waals surface area contributed by atoms with Crippen molar-refractivity contribution in [1.82, 2.24) is 10.3 Å². The summed E-state index contributed by atoms with van der Waals surface area (Å²) >= 11 is 4.96. The summed E-state index contributed by atoms with van der Waals surface area (Å²) in [6.07, 6.45) is 0.254. The van der Waals surface area contributed by atoms with Crippen LogP contribution in [-0.2, 0) is 16.5 Å². The summed E-state index contributed by atoms with van der Waals surface area (Å²) in [7, 11) is 0. The maximum absolute atomic E-state index is 12.1. The van der Waals surface area contributed by atoms with Crippen molar-refractivity contribution in [2.24, 2.45) is 0 Å². The van der Waals surface area contributed by atoms with Crippen LogP contribution in [-0.4, -0.2) is 16.7 Å². The second-order valence-electron chi connectivity index (χ2n) is 6.20. The number of alkyl carbamates (subject to hydrolysis) is 1. The Morgan fingerprint density at radius 2 is 2.00 bits per heavy atom. The van der Waals surface area contributed by atoms with Gasteiger partial charge in [0.1, 0.15) is 10.6 Å². The molecule has 1 aromatic carbocycles. The topological polar surface area (TPSA) is 51.2 Å². The molecule has 0 fully saturated rings. The molecule has 0 unspecified atom stereocenters. The Balaban J connectivity index is 0.00000288. The maximum Gasteiger partial charge on any atom is 0.408 e. The molecule has 0 radical (unpaired) electrons. The lowest BCUT2D eigenvalue weighted by atomic mass is 10.1. The van der Waals surface area contributed by atoms with Gasteiger partial charge in [0.2, 0.25) is 0 Å². The monoisotopic (exact) mass is 475 g/mol. The van der Waals surface area contributed by atoms with Crippen LogP contribution in [0.5, 0.6) is 0 Å². The summed E-state index contributed by atoms with van der Waals surface area (Å²) < 4.78 is 5.38. The molecular formula is C17H21Br2N2O2S-. The smallest absolute Gasteiger partial charge is 0.408 e. The fraction of sp³-hybridized carbons (Fsp3) is 0.412. The lowest BCUT2D eigenvalue weighted by Gasteiger charge is -2.23. The van der Waals surface area contributed by atoms with Crippen LogP contribution in [0.15, 0.2) is 35.7 Å². The Labute approximate surface area is 165 Å². The maximum atomic E-state index is 12.1. The number of halogens is 2. The zero-order valence-corrected chi connectivity index (χ0v) is 17.9. The number of thiazole rings is 1. The van der Waals surface area contributed by atoms with Crippen LogP contribution in [0.3, 0.4) is 0 Å². The normalized spacial score (nSPS) is 12.2. The van der Waals surface area contributed by atoms with Gasteiger partial charge in [0, 0.05) is 10.7 Å². The third-order valence-electron chi connectivity index (χ3n) is 2.98. The number of aromatic nitrogens is 1. The fourth-order valence-electron chi connectivity index (χ4n) is 2.04. The zero-order valence-electron chi connectivity index (χ0n) is 13.9. The van der Waals surface area contributed by atoms with Crippen LogP contribution in [0, 0.1) is 0 Å². The highest BCUT2D eigenvalue weighted by molar-refractivity contribution is 9.08. The van der Waals surface area contributed by atoms with Crippen LogP contribution >= 0.6 is 27.3 Å². The molecule has 4 nitrogen and oxygen atoms in total. The summed E-state index contributed by atoms with van der Waals surface area (Å²) in [5, 5.41) is 6.53. The molecule has 24 heavy (non-hydrogen) atoms. The predicted molar refractivity (Wildman–Crippen MR) is 97.0 cm³/mol. The number of hydrogen-bond donors (Lipinski definition) is 1. The van der Waals surface area contributed by atoms with Crippen molar-refractivity contribution >= 4 is 33.4 Å². The van der Waals surface area contributed by atoms with Gasteiger partial charge in [0.15, 0.2) is 0 Å². The predicted octanol–water partition coefficient (Wildman–Crippen LogP) is 1.85. The number of benzene rings is 1. The molecule has 7 heteroatoms. The van der Waals surface area contributed by atoms with E-state index in [-0.39, 0.29) is 23.0 Å². The molecule has 1 N–H and O–H groups in total. The van der Waals surface area contributed by atoms with E-state index in [1.54, 1.807) is 11.3 Å². The number of nitrogens with zero attached hydrogens (tertiary/aromatic N) is 1. The van der Waals surface area contributed by atoms with Gasteiger partial charge < -0.3 is 27.0 Å². The van der Waals surface area contributed by atoms with Gasteiger partial charge >= 0.3 is 6.09 Å². The van der Waals surface area contributed by atoms with Crippen LogP contribution in [0.2, 0.25) is 0 Å². The highest BCUT2D eigenvalue weighted by Crippen LogP contribution is 2.24. The minimum Gasteiger partial charge on any atom is -1.00 e. The highest BCUT2D eigenvalue weighted by Gasteiger charge is 2.22.